The van der Waals surface area contributed by atoms with Gasteiger partial charge in [-0.25, -0.2) is 0 Å². The molecule has 0 radical (unpaired) electrons. The normalized spacial score (nSPS) is 12.1. The smallest absolute Gasteiger partial charge is 0.260 e. The van der Waals surface area contributed by atoms with Crippen LogP contribution in [0.3, 0.4) is 0 Å². The first-order valence-corrected chi connectivity index (χ1v) is 5.68. The van der Waals surface area contributed by atoms with Crippen LogP contribution in [0.1, 0.15) is 23.0 Å². The Morgan fingerprint density at radius 1 is 1.44 bits per heavy atom. The maximum absolute atomic E-state index is 11.8. The van der Waals surface area contributed by atoms with Crippen molar-refractivity contribution in [3.8, 4) is 0 Å². The van der Waals surface area contributed by atoms with E-state index in [2.05, 4.69) is 10.3 Å². The molecule has 1 amide bonds. The number of pyridine rings is 1. The lowest BCUT2D eigenvalue weighted by atomic mass is 10.2. The third-order valence-electron chi connectivity index (χ3n) is 2.53. The molecular weight excluding hydrogens is 232 g/mol. The van der Waals surface area contributed by atoms with Gasteiger partial charge in [0.2, 0.25) is 0 Å². The summed E-state index contributed by atoms with van der Waals surface area (Å²) in [5.41, 5.74) is -0.274. The van der Waals surface area contributed by atoms with Crippen molar-refractivity contribution in [1.29, 1.82) is 0 Å². The Kier molecular flexibility index (Phi) is 3.62. The summed E-state index contributed by atoms with van der Waals surface area (Å²) in [7, 11) is 0. The quantitative estimate of drug-likeness (QED) is 0.854. The van der Waals surface area contributed by atoms with E-state index in [4.69, 9.17) is 4.42 Å². The molecule has 1 atom stereocenters. The van der Waals surface area contributed by atoms with Crippen molar-refractivity contribution in [3.63, 3.8) is 0 Å². The largest absolute Gasteiger partial charge is 0.469 e. The van der Waals surface area contributed by atoms with Crippen molar-refractivity contribution in [2.45, 2.75) is 19.4 Å². The van der Waals surface area contributed by atoms with Crippen LogP contribution in [0.15, 0.2) is 45.9 Å². The van der Waals surface area contributed by atoms with Gasteiger partial charge in [0, 0.05) is 18.7 Å². The van der Waals surface area contributed by atoms with Crippen LogP contribution in [0.2, 0.25) is 0 Å². The fourth-order valence-corrected chi connectivity index (χ4v) is 1.68. The van der Waals surface area contributed by atoms with Gasteiger partial charge in [-0.1, -0.05) is 0 Å². The van der Waals surface area contributed by atoms with Gasteiger partial charge >= 0.3 is 0 Å². The van der Waals surface area contributed by atoms with Crippen molar-refractivity contribution in [2.24, 2.45) is 0 Å². The van der Waals surface area contributed by atoms with E-state index in [1.807, 2.05) is 13.0 Å². The minimum absolute atomic E-state index is 0.108. The zero-order valence-electron chi connectivity index (χ0n) is 9.97. The lowest BCUT2D eigenvalue weighted by Gasteiger charge is -2.11. The van der Waals surface area contributed by atoms with E-state index in [0.29, 0.717) is 6.42 Å². The second kappa shape index (κ2) is 5.35. The van der Waals surface area contributed by atoms with Crippen LogP contribution in [0.25, 0.3) is 0 Å². The number of aromatic nitrogens is 1. The average molecular weight is 246 g/mol. The lowest BCUT2D eigenvalue weighted by molar-refractivity contribution is 0.0937. The maximum Gasteiger partial charge on any atom is 0.260 e. The number of furan rings is 1. The molecule has 0 unspecified atom stereocenters. The highest BCUT2D eigenvalue weighted by atomic mass is 16.3. The molecule has 0 fully saturated rings. The molecule has 2 rings (SSSR count). The molecule has 0 aromatic carbocycles. The van der Waals surface area contributed by atoms with Crippen LogP contribution < -0.4 is 10.9 Å². The zero-order chi connectivity index (χ0) is 13.0. The summed E-state index contributed by atoms with van der Waals surface area (Å²) in [6.07, 6.45) is 3.67. The van der Waals surface area contributed by atoms with E-state index < -0.39 is 0 Å². The SMILES string of the molecule is C[C@H](Cc1ccco1)NC(=O)c1ccc[nH]c1=O. The van der Waals surface area contributed by atoms with Crippen molar-refractivity contribution in [2.75, 3.05) is 0 Å². The van der Waals surface area contributed by atoms with Crippen LogP contribution in [-0.4, -0.2) is 16.9 Å². The summed E-state index contributed by atoms with van der Waals surface area (Å²) >= 11 is 0. The summed E-state index contributed by atoms with van der Waals surface area (Å²) in [5.74, 6) is 0.417. The van der Waals surface area contributed by atoms with Crippen molar-refractivity contribution < 1.29 is 9.21 Å². The molecule has 2 heterocycles. The van der Waals surface area contributed by atoms with Gasteiger partial charge in [-0.2, -0.15) is 0 Å². The summed E-state index contributed by atoms with van der Waals surface area (Å²) in [4.78, 5) is 25.7. The van der Waals surface area contributed by atoms with E-state index in [0.717, 1.165) is 5.76 Å². The first kappa shape index (κ1) is 12.2. The Morgan fingerprint density at radius 2 is 2.28 bits per heavy atom. The maximum atomic E-state index is 11.8. The van der Waals surface area contributed by atoms with Crippen LogP contribution in [-0.2, 0) is 6.42 Å². The van der Waals surface area contributed by atoms with Gasteiger partial charge in [-0.05, 0) is 31.2 Å². The lowest BCUT2D eigenvalue weighted by Crippen LogP contribution is -2.36. The summed E-state index contributed by atoms with van der Waals surface area (Å²) < 4.78 is 5.20. The van der Waals surface area contributed by atoms with E-state index in [-0.39, 0.29) is 23.1 Å². The van der Waals surface area contributed by atoms with E-state index in [1.165, 1.54) is 12.3 Å². The molecule has 0 bridgehead atoms. The van der Waals surface area contributed by atoms with E-state index in [1.54, 1.807) is 18.4 Å². The standard InChI is InChI=1S/C13H14N2O3/c1-9(8-10-4-3-7-18-10)15-13(17)11-5-2-6-14-12(11)16/h2-7,9H,8H2,1H3,(H,14,16)(H,15,17)/t9-/m1/s1. The van der Waals surface area contributed by atoms with Crippen molar-refractivity contribution in [3.05, 3.63) is 58.4 Å². The Hall–Kier alpha value is -2.30. The molecule has 0 spiro atoms. The molecule has 5 heteroatoms. The van der Waals surface area contributed by atoms with Crippen LogP contribution in [0.5, 0.6) is 0 Å². The number of aromatic amines is 1. The van der Waals surface area contributed by atoms with Gasteiger partial charge in [-0.3, -0.25) is 9.59 Å². The summed E-state index contributed by atoms with van der Waals surface area (Å²) in [6, 6.07) is 6.65. The van der Waals surface area contributed by atoms with Gasteiger partial charge in [0.15, 0.2) is 0 Å². The highest BCUT2D eigenvalue weighted by Gasteiger charge is 2.13. The third-order valence-corrected chi connectivity index (χ3v) is 2.53. The molecule has 2 N–H and O–H groups in total. The number of nitrogens with one attached hydrogen (secondary N) is 2. The van der Waals surface area contributed by atoms with Gasteiger partial charge in [0.1, 0.15) is 11.3 Å². The van der Waals surface area contributed by atoms with E-state index in [9.17, 15) is 9.59 Å². The number of rotatable bonds is 4. The van der Waals surface area contributed by atoms with Gasteiger partial charge in [-0.15, -0.1) is 0 Å². The second-order valence-corrected chi connectivity index (χ2v) is 4.07. The molecule has 94 valence electrons. The molecule has 0 aliphatic rings. The predicted octanol–water partition coefficient (Wildman–Crippen LogP) is 1.33. The first-order chi connectivity index (χ1) is 8.66. The Bertz CT molecular complexity index is 572. The highest BCUT2D eigenvalue weighted by molar-refractivity contribution is 5.93. The number of amides is 1. The molecule has 0 saturated heterocycles. The third kappa shape index (κ3) is 2.88. The number of hydrogen-bond acceptors (Lipinski definition) is 3. The Labute approximate surface area is 104 Å². The fourth-order valence-electron chi connectivity index (χ4n) is 1.68. The zero-order valence-corrected chi connectivity index (χ0v) is 9.97. The molecule has 0 saturated carbocycles. The number of carbonyl (C=O) groups is 1. The minimum atomic E-state index is -0.389. The number of hydrogen-bond donors (Lipinski definition) is 2. The van der Waals surface area contributed by atoms with Gasteiger partial charge in [0.25, 0.3) is 11.5 Å². The highest BCUT2D eigenvalue weighted by Crippen LogP contribution is 2.04. The minimum Gasteiger partial charge on any atom is -0.469 e. The van der Waals surface area contributed by atoms with Crippen LogP contribution in [0, 0.1) is 0 Å². The van der Waals surface area contributed by atoms with Gasteiger partial charge in [0.05, 0.1) is 6.26 Å². The fraction of sp³-hybridized carbons (Fsp3) is 0.231. The second-order valence-electron chi connectivity index (χ2n) is 4.07. The molecule has 0 aliphatic heterocycles. The molecule has 5 nitrogen and oxygen atoms in total. The van der Waals surface area contributed by atoms with Gasteiger partial charge < -0.3 is 14.7 Å². The predicted molar refractivity (Wildman–Crippen MR) is 66.4 cm³/mol. The summed E-state index contributed by atoms with van der Waals surface area (Å²) in [5, 5.41) is 2.76. The average Bonchev–Trinajstić information content (AvgIpc) is 2.82. The van der Waals surface area contributed by atoms with E-state index >= 15 is 0 Å². The van der Waals surface area contributed by atoms with Crippen LogP contribution >= 0.6 is 0 Å². The first-order valence-electron chi connectivity index (χ1n) is 5.68. The Morgan fingerprint density at radius 3 is 2.94 bits per heavy atom. The van der Waals surface area contributed by atoms with Crippen molar-refractivity contribution in [1.82, 2.24) is 10.3 Å². The number of H-pyrrole nitrogens is 1. The summed E-state index contributed by atoms with van der Waals surface area (Å²) in [6.45, 7) is 1.86. The topological polar surface area (TPSA) is 75.1 Å². The molecule has 18 heavy (non-hydrogen) atoms. The molecular formula is C13H14N2O3. The molecule has 2 aromatic rings. The molecule has 0 aliphatic carbocycles. The monoisotopic (exact) mass is 246 g/mol. The Balaban J connectivity index is 1.99. The number of carbonyl (C=O) groups excluding carboxylic acids is 1. The van der Waals surface area contributed by atoms with Crippen molar-refractivity contribution >= 4 is 5.91 Å². The molecule has 2 aromatic heterocycles. The van der Waals surface area contributed by atoms with Crippen LogP contribution in [0.4, 0.5) is 0 Å².